The van der Waals surface area contributed by atoms with Crippen LogP contribution in [0.4, 0.5) is 5.13 Å². The molecular weight excluding hydrogens is 256 g/mol. The second kappa shape index (κ2) is 4.85. The van der Waals surface area contributed by atoms with E-state index < -0.39 is 10.0 Å². The molecule has 1 aromatic heterocycles. The van der Waals surface area contributed by atoms with E-state index in [0.29, 0.717) is 11.7 Å². The maximum atomic E-state index is 12.4. The minimum Gasteiger partial charge on any atom is -0.241 e. The van der Waals surface area contributed by atoms with Crippen molar-refractivity contribution in [2.45, 2.75) is 11.8 Å². The summed E-state index contributed by atoms with van der Waals surface area (Å²) in [7, 11) is -3.49. The van der Waals surface area contributed by atoms with Crippen LogP contribution in [-0.4, -0.2) is 19.9 Å². The van der Waals surface area contributed by atoms with Crippen molar-refractivity contribution in [1.29, 1.82) is 0 Å². The Morgan fingerprint density at radius 3 is 2.53 bits per heavy atom. The summed E-state index contributed by atoms with van der Waals surface area (Å²) in [5, 5.41) is 2.26. The maximum absolute atomic E-state index is 12.4. The molecule has 2 aromatic rings. The molecule has 0 unspecified atom stereocenters. The van der Waals surface area contributed by atoms with E-state index in [4.69, 9.17) is 0 Å². The molecule has 1 aromatic carbocycles. The zero-order chi connectivity index (χ0) is 12.3. The standard InChI is InChI=1S/C11H12N2O2S2/c1-2-13(11-12-8-9-16-11)17(14,15)10-6-4-3-5-7-10/h3-9H,2H2,1H3. The molecule has 0 aliphatic rings. The van der Waals surface area contributed by atoms with Gasteiger partial charge in [-0.05, 0) is 19.1 Å². The van der Waals surface area contributed by atoms with Gasteiger partial charge in [-0.2, -0.15) is 0 Å². The predicted molar refractivity (Wildman–Crippen MR) is 68.8 cm³/mol. The van der Waals surface area contributed by atoms with Gasteiger partial charge in [0.25, 0.3) is 10.0 Å². The monoisotopic (exact) mass is 268 g/mol. The predicted octanol–water partition coefficient (Wildman–Crippen LogP) is 2.36. The summed E-state index contributed by atoms with van der Waals surface area (Å²) in [5.74, 6) is 0. The van der Waals surface area contributed by atoms with Crippen molar-refractivity contribution < 1.29 is 8.42 Å². The molecule has 90 valence electrons. The summed E-state index contributed by atoms with van der Waals surface area (Å²) in [5.41, 5.74) is 0. The summed E-state index contributed by atoms with van der Waals surface area (Å²) >= 11 is 1.31. The first kappa shape index (κ1) is 12.1. The van der Waals surface area contributed by atoms with Gasteiger partial charge >= 0.3 is 0 Å². The number of nitrogens with zero attached hydrogens (tertiary/aromatic N) is 2. The van der Waals surface area contributed by atoms with Crippen LogP contribution in [0.25, 0.3) is 0 Å². The topological polar surface area (TPSA) is 50.3 Å². The molecule has 0 atom stereocenters. The molecule has 1 heterocycles. The minimum atomic E-state index is -3.49. The molecule has 0 saturated carbocycles. The molecule has 2 rings (SSSR count). The lowest BCUT2D eigenvalue weighted by Gasteiger charge is -2.19. The largest absolute Gasteiger partial charge is 0.266 e. The van der Waals surface area contributed by atoms with Gasteiger partial charge in [0.2, 0.25) is 0 Å². The Balaban J connectivity index is 2.45. The van der Waals surface area contributed by atoms with Gasteiger partial charge in [0.05, 0.1) is 4.90 Å². The van der Waals surface area contributed by atoms with Crippen LogP contribution >= 0.6 is 11.3 Å². The summed E-state index contributed by atoms with van der Waals surface area (Å²) in [6, 6.07) is 8.39. The van der Waals surface area contributed by atoms with Gasteiger partial charge in [-0.1, -0.05) is 18.2 Å². The fraction of sp³-hybridized carbons (Fsp3) is 0.182. The van der Waals surface area contributed by atoms with Crippen LogP contribution in [-0.2, 0) is 10.0 Å². The number of rotatable bonds is 4. The lowest BCUT2D eigenvalue weighted by Crippen LogP contribution is -2.30. The van der Waals surface area contributed by atoms with Crippen molar-refractivity contribution in [3.05, 3.63) is 41.9 Å². The van der Waals surface area contributed by atoms with Crippen molar-refractivity contribution >= 4 is 26.5 Å². The zero-order valence-electron chi connectivity index (χ0n) is 9.28. The van der Waals surface area contributed by atoms with E-state index in [0.717, 1.165) is 0 Å². The van der Waals surface area contributed by atoms with Gasteiger partial charge in [0, 0.05) is 18.1 Å². The molecule has 0 bridgehead atoms. The minimum absolute atomic E-state index is 0.289. The molecule has 0 fully saturated rings. The lowest BCUT2D eigenvalue weighted by molar-refractivity contribution is 0.592. The molecule has 4 nitrogen and oxygen atoms in total. The number of hydrogen-bond acceptors (Lipinski definition) is 4. The Bertz CT molecular complexity index is 565. The van der Waals surface area contributed by atoms with Crippen LogP contribution in [0.3, 0.4) is 0 Å². The van der Waals surface area contributed by atoms with Crippen molar-refractivity contribution in [3.8, 4) is 0 Å². The summed E-state index contributed by atoms with van der Waals surface area (Å²) in [4.78, 5) is 4.33. The third kappa shape index (κ3) is 2.32. The van der Waals surface area contributed by atoms with E-state index in [1.165, 1.54) is 15.6 Å². The molecule has 0 amide bonds. The highest BCUT2D eigenvalue weighted by Crippen LogP contribution is 2.24. The van der Waals surface area contributed by atoms with Crippen molar-refractivity contribution in [1.82, 2.24) is 4.98 Å². The lowest BCUT2D eigenvalue weighted by atomic mass is 10.4. The van der Waals surface area contributed by atoms with Crippen LogP contribution in [0, 0.1) is 0 Å². The van der Waals surface area contributed by atoms with Crippen LogP contribution in [0.1, 0.15) is 6.92 Å². The third-order valence-electron chi connectivity index (χ3n) is 2.25. The van der Waals surface area contributed by atoms with E-state index in [2.05, 4.69) is 4.98 Å². The van der Waals surface area contributed by atoms with E-state index in [-0.39, 0.29) is 4.90 Å². The number of anilines is 1. The smallest absolute Gasteiger partial charge is 0.241 e. The molecule has 0 aliphatic carbocycles. The van der Waals surface area contributed by atoms with Crippen molar-refractivity contribution in [2.24, 2.45) is 0 Å². The van der Waals surface area contributed by atoms with Gasteiger partial charge in [-0.25, -0.2) is 17.7 Å². The second-order valence-corrected chi connectivity index (χ2v) is 6.03. The van der Waals surface area contributed by atoms with E-state index in [9.17, 15) is 8.42 Å². The number of hydrogen-bond donors (Lipinski definition) is 0. The average molecular weight is 268 g/mol. The quantitative estimate of drug-likeness (QED) is 0.855. The highest BCUT2D eigenvalue weighted by Gasteiger charge is 2.24. The highest BCUT2D eigenvalue weighted by molar-refractivity contribution is 7.93. The van der Waals surface area contributed by atoms with Crippen molar-refractivity contribution in [2.75, 3.05) is 10.8 Å². The molecule has 0 radical (unpaired) electrons. The van der Waals surface area contributed by atoms with Gasteiger partial charge in [0.1, 0.15) is 0 Å². The molecular formula is C11H12N2O2S2. The third-order valence-corrected chi connectivity index (χ3v) is 5.04. The normalized spacial score (nSPS) is 11.4. The van der Waals surface area contributed by atoms with Crippen LogP contribution < -0.4 is 4.31 Å². The first-order valence-electron chi connectivity index (χ1n) is 5.13. The number of sulfonamides is 1. The molecule has 0 spiro atoms. The average Bonchev–Trinajstić information content (AvgIpc) is 2.84. The summed E-state index contributed by atoms with van der Waals surface area (Å²) in [6.45, 7) is 2.16. The Hall–Kier alpha value is -1.40. The van der Waals surface area contributed by atoms with E-state index in [1.54, 1.807) is 48.8 Å². The Morgan fingerprint density at radius 2 is 2.00 bits per heavy atom. The summed E-state index contributed by atoms with van der Waals surface area (Å²) in [6.07, 6.45) is 1.60. The molecule has 17 heavy (non-hydrogen) atoms. The maximum Gasteiger partial charge on any atom is 0.266 e. The SMILES string of the molecule is CCN(c1nccs1)S(=O)(=O)c1ccccc1. The second-order valence-electron chi connectivity index (χ2n) is 3.30. The van der Waals surface area contributed by atoms with Crippen LogP contribution in [0.2, 0.25) is 0 Å². The molecule has 6 heteroatoms. The van der Waals surface area contributed by atoms with Gasteiger partial charge in [-0.15, -0.1) is 11.3 Å². The Morgan fingerprint density at radius 1 is 1.29 bits per heavy atom. The number of benzene rings is 1. The van der Waals surface area contributed by atoms with Gasteiger partial charge in [0.15, 0.2) is 5.13 Å². The Kier molecular flexibility index (Phi) is 3.44. The fourth-order valence-corrected chi connectivity index (χ4v) is 3.85. The highest BCUT2D eigenvalue weighted by atomic mass is 32.2. The molecule has 0 aliphatic heterocycles. The fourth-order valence-electron chi connectivity index (χ4n) is 1.47. The first-order valence-corrected chi connectivity index (χ1v) is 7.45. The zero-order valence-corrected chi connectivity index (χ0v) is 10.9. The van der Waals surface area contributed by atoms with E-state index in [1.807, 2.05) is 0 Å². The Labute approximate surface area is 105 Å². The summed E-state index contributed by atoms with van der Waals surface area (Å²) < 4.78 is 26.0. The number of aromatic nitrogens is 1. The van der Waals surface area contributed by atoms with Gasteiger partial charge in [-0.3, -0.25) is 0 Å². The van der Waals surface area contributed by atoms with Crippen LogP contribution in [0.5, 0.6) is 0 Å². The van der Waals surface area contributed by atoms with E-state index >= 15 is 0 Å². The van der Waals surface area contributed by atoms with Crippen LogP contribution in [0.15, 0.2) is 46.8 Å². The molecule has 0 saturated heterocycles. The van der Waals surface area contributed by atoms with Gasteiger partial charge < -0.3 is 0 Å². The number of thiazole rings is 1. The van der Waals surface area contributed by atoms with Crippen molar-refractivity contribution in [3.63, 3.8) is 0 Å². The first-order chi connectivity index (χ1) is 8.16. The molecule has 0 N–H and O–H groups in total.